The summed E-state index contributed by atoms with van der Waals surface area (Å²) in [5.41, 5.74) is 0. The quantitative estimate of drug-likeness (QED) is 0.333. The van der Waals surface area contributed by atoms with Crippen molar-refractivity contribution in [2.45, 2.75) is 6.92 Å². The third-order valence-electron chi connectivity index (χ3n) is 0.267. The van der Waals surface area contributed by atoms with Gasteiger partial charge in [-0.2, -0.15) is 0 Å². The molecular weight excluding hydrogens is 416 g/mol. The van der Waals surface area contributed by atoms with E-state index in [1.54, 1.807) is 6.92 Å². The van der Waals surface area contributed by atoms with Gasteiger partial charge in [0.2, 0.25) is 0 Å². The van der Waals surface area contributed by atoms with Crippen LogP contribution in [0.25, 0.3) is 0 Å². The molecule has 4 atom stereocenters. The molecular formula is C2H6Na4O11P4+4. The molecule has 1 N–H and O–H groups in total. The van der Waals surface area contributed by atoms with Crippen LogP contribution >= 0.6 is 33.0 Å². The van der Waals surface area contributed by atoms with Crippen LogP contribution in [0.1, 0.15) is 6.92 Å². The molecule has 0 aromatic rings. The number of aliphatic hydroxyl groups is 1. The molecule has 0 aromatic heterocycles. The Kier molecular flexibility index (Phi) is 74.8. The van der Waals surface area contributed by atoms with Crippen LogP contribution in [-0.4, -0.2) is 11.7 Å². The first-order chi connectivity index (χ1) is 7.67. The Balaban J connectivity index is -0.0000000271. The van der Waals surface area contributed by atoms with Crippen LogP contribution in [0.2, 0.25) is 0 Å². The van der Waals surface area contributed by atoms with E-state index in [9.17, 15) is 37.8 Å². The predicted molar refractivity (Wildman–Crippen MR) is 45.4 cm³/mol. The Bertz CT molecular complexity index is 227. The molecule has 0 heterocycles. The third-order valence-corrected chi connectivity index (χ3v) is 2.40. The molecule has 0 amide bonds. The molecule has 0 rings (SSSR count). The zero-order valence-corrected chi connectivity index (χ0v) is 23.6. The Morgan fingerprint density at radius 2 is 0.810 bits per heavy atom. The van der Waals surface area contributed by atoms with Crippen molar-refractivity contribution in [1.29, 1.82) is 0 Å². The summed E-state index contributed by atoms with van der Waals surface area (Å²) in [4.78, 5) is 37.0. The monoisotopic (exact) mass is 422 g/mol. The van der Waals surface area contributed by atoms with Crippen molar-refractivity contribution >= 4 is 33.0 Å². The number of aliphatic hydroxyl groups excluding tert-OH is 1. The second-order valence-electron chi connectivity index (χ2n) is 1.37. The molecule has 11 nitrogen and oxygen atoms in total. The summed E-state index contributed by atoms with van der Waals surface area (Å²) in [6.07, 6.45) is 0. The van der Waals surface area contributed by atoms with Crippen LogP contribution in [0.4, 0.5) is 0 Å². The van der Waals surface area contributed by atoms with Crippen LogP contribution in [0.3, 0.4) is 0 Å². The first kappa shape index (κ1) is 44.5. The second-order valence-corrected chi connectivity index (χ2v) is 4.47. The maximum absolute atomic E-state index is 9.24. The molecule has 0 saturated carbocycles. The molecule has 0 spiro atoms. The first-order valence-corrected chi connectivity index (χ1v) is 7.60. The normalized spacial score (nSPS) is 9.81. The average Bonchev–Trinajstić information content (AvgIpc) is 1.99. The summed E-state index contributed by atoms with van der Waals surface area (Å²) >= 11 is 0. The van der Waals surface area contributed by atoms with E-state index in [4.69, 9.17) is 5.11 Å². The van der Waals surface area contributed by atoms with Crippen LogP contribution in [-0.2, 0) is 26.9 Å². The summed E-state index contributed by atoms with van der Waals surface area (Å²) in [5, 5.41) is 7.57. The molecule has 0 aromatic carbocycles. The standard InChI is InChI=1S/C2H6O.4Na.2O5P2/c1-2-3;;;;;2*1-6(2)5-7(3)4/h3H,2H2,1H3;;;;;;/q;4*+1;;. The van der Waals surface area contributed by atoms with Gasteiger partial charge in [0, 0.05) is 6.61 Å². The van der Waals surface area contributed by atoms with Gasteiger partial charge in [0.25, 0.3) is 0 Å². The molecule has 0 saturated heterocycles. The molecule has 0 fully saturated rings. The minimum absolute atomic E-state index is 0. The summed E-state index contributed by atoms with van der Waals surface area (Å²) in [7, 11) is -12.9. The third kappa shape index (κ3) is 80.3. The van der Waals surface area contributed by atoms with E-state index >= 15 is 0 Å². The number of hydrogen-bond donors (Lipinski definition) is 1. The molecule has 0 bridgehead atoms. The predicted octanol–water partition coefficient (Wildman–Crippen LogP) is -13.9. The van der Waals surface area contributed by atoms with Gasteiger partial charge in [-0.1, -0.05) is 0 Å². The van der Waals surface area contributed by atoms with Gasteiger partial charge < -0.3 is 24.7 Å². The van der Waals surface area contributed by atoms with Gasteiger partial charge in [0.15, 0.2) is 0 Å². The van der Waals surface area contributed by atoms with Crippen molar-refractivity contribution in [2.24, 2.45) is 0 Å². The van der Waals surface area contributed by atoms with Crippen molar-refractivity contribution in [2.75, 3.05) is 6.61 Å². The van der Waals surface area contributed by atoms with E-state index in [1.807, 2.05) is 0 Å². The Morgan fingerprint density at radius 3 is 0.810 bits per heavy atom. The van der Waals surface area contributed by atoms with E-state index in [0.717, 1.165) is 0 Å². The fourth-order valence-corrected chi connectivity index (χ4v) is 0.980. The van der Waals surface area contributed by atoms with Crippen LogP contribution in [0.5, 0.6) is 0 Å². The van der Waals surface area contributed by atoms with Gasteiger partial charge in [-0.15, -0.1) is 0 Å². The Morgan fingerprint density at radius 1 is 0.714 bits per heavy atom. The van der Waals surface area contributed by atoms with E-state index in [-0.39, 0.29) is 125 Å². The fourth-order valence-electron chi connectivity index (χ4n) is 0.109. The van der Waals surface area contributed by atoms with Gasteiger partial charge in [0.1, 0.15) is 8.62 Å². The van der Waals surface area contributed by atoms with Gasteiger partial charge in [-0.25, -0.2) is 0 Å². The fraction of sp³-hybridized carbons (Fsp3) is 1.00. The van der Waals surface area contributed by atoms with Crippen molar-refractivity contribution in [1.82, 2.24) is 0 Å². The van der Waals surface area contributed by atoms with Crippen molar-refractivity contribution in [3.05, 3.63) is 0 Å². The topological polar surface area (TPSA) is 199 Å². The average molecular weight is 422 g/mol. The van der Waals surface area contributed by atoms with Crippen LogP contribution in [0.15, 0.2) is 0 Å². The van der Waals surface area contributed by atoms with Gasteiger partial charge in [-0.05, 0) is 25.2 Å². The number of rotatable bonds is 4. The van der Waals surface area contributed by atoms with E-state index in [1.165, 1.54) is 0 Å². The number of hydrogen-bond acceptors (Lipinski definition) is 11. The smallest absolute Gasteiger partial charge is 0.563 e. The van der Waals surface area contributed by atoms with Crippen molar-refractivity contribution in [3.8, 4) is 0 Å². The second kappa shape index (κ2) is 35.3. The minimum Gasteiger partial charge on any atom is -0.563 e. The minimum atomic E-state index is -3.24. The Labute approximate surface area is 212 Å². The van der Waals surface area contributed by atoms with Gasteiger partial charge >= 0.3 is 151 Å². The molecule has 0 aliphatic rings. The molecule has 21 heavy (non-hydrogen) atoms. The largest absolute Gasteiger partial charge is 1.00 e. The van der Waals surface area contributed by atoms with Crippen molar-refractivity contribution in [3.63, 3.8) is 0 Å². The zero-order chi connectivity index (χ0) is 14.4. The van der Waals surface area contributed by atoms with Crippen molar-refractivity contribution < 1.29 is 170 Å². The summed E-state index contributed by atoms with van der Waals surface area (Å²) in [6, 6.07) is 0. The van der Waals surface area contributed by atoms with Gasteiger partial charge in [-0.3, -0.25) is 0 Å². The SMILES string of the molecule is CCO.O=[P+]([O-])O[P+](=O)[O-].O=[P+]([O-])O[P+](=O)[O-].[Na+].[Na+].[Na+].[Na+]. The first-order valence-electron chi connectivity index (χ1n) is 3.21. The van der Waals surface area contributed by atoms with E-state index in [0.29, 0.717) is 0 Å². The molecule has 0 radical (unpaired) electrons. The van der Waals surface area contributed by atoms with E-state index < -0.39 is 33.0 Å². The summed E-state index contributed by atoms with van der Waals surface area (Å²) < 4.78 is 43.3. The van der Waals surface area contributed by atoms with Crippen LogP contribution in [0, 0.1) is 0 Å². The molecule has 4 unspecified atom stereocenters. The maximum atomic E-state index is 9.24. The maximum Gasteiger partial charge on any atom is 1.00 e. The summed E-state index contributed by atoms with van der Waals surface area (Å²) in [6.45, 7) is 1.93. The van der Waals surface area contributed by atoms with Crippen LogP contribution < -0.4 is 138 Å². The zero-order valence-electron chi connectivity index (χ0n) is 12.0. The molecule has 0 aliphatic carbocycles. The van der Waals surface area contributed by atoms with Gasteiger partial charge in [0.05, 0.1) is 0 Å². The molecule has 100 valence electrons. The Hall–Kier alpha value is 4.12. The molecule has 0 aliphatic heterocycles. The summed E-state index contributed by atoms with van der Waals surface area (Å²) in [5.74, 6) is 0. The van der Waals surface area contributed by atoms with E-state index in [2.05, 4.69) is 8.62 Å². The molecule has 19 heteroatoms.